The quantitative estimate of drug-likeness (QED) is 0.353. The standard InChI is InChI=1S/C30H33F6NO3/c1-17(28(38)39)27(19-2-3-19)20-4-7-26-21(12-20)13-23(16-40-26)18-8-10-37(11-9-18)15-22-14-24(29(31,32)33)5-6-25(22)30(34,35)36/h4-7,12,14,17-19,23,27H,2-3,8-11,13,15-16H2,1H3,(H,38,39). The van der Waals surface area contributed by atoms with Crippen LogP contribution in [0.25, 0.3) is 0 Å². The van der Waals surface area contributed by atoms with E-state index in [0.717, 1.165) is 36.1 Å². The number of hydrogen-bond acceptors (Lipinski definition) is 3. The van der Waals surface area contributed by atoms with Gasteiger partial charge in [-0.3, -0.25) is 9.69 Å². The second-order valence-electron chi connectivity index (χ2n) is 11.6. The van der Waals surface area contributed by atoms with Gasteiger partial charge in [-0.15, -0.1) is 0 Å². The van der Waals surface area contributed by atoms with E-state index in [9.17, 15) is 36.2 Å². The molecule has 0 amide bonds. The Kier molecular flexibility index (Phi) is 7.85. The molecular formula is C30H33F6NO3. The first-order valence-electron chi connectivity index (χ1n) is 13.8. The summed E-state index contributed by atoms with van der Waals surface area (Å²) in [5, 5.41) is 9.63. The Morgan fingerprint density at radius 1 is 0.975 bits per heavy atom. The van der Waals surface area contributed by atoms with Gasteiger partial charge in [0.15, 0.2) is 0 Å². The highest BCUT2D eigenvalue weighted by Gasteiger charge is 2.40. The van der Waals surface area contributed by atoms with Crippen LogP contribution in [0.2, 0.25) is 0 Å². The summed E-state index contributed by atoms with van der Waals surface area (Å²) in [7, 11) is 0. The molecule has 4 nitrogen and oxygen atoms in total. The Morgan fingerprint density at radius 3 is 2.27 bits per heavy atom. The normalized spacial score (nSPS) is 22.3. The molecule has 2 heterocycles. The number of nitrogens with zero attached hydrogens (tertiary/aromatic N) is 1. The molecule has 40 heavy (non-hydrogen) atoms. The van der Waals surface area contributed by atoms with Crippen LogP contribution in [0.4, 0.5) is 26.3 Å². The predicted molar refractivity (Wildman–Crippen MR) is 136 cm³/mol. The van der Waals surface area contributed by atoms with Crippen molar-refractivity contribution in [1.82, 2.24) is 4.90 Å². The number of ether oxygens (including phenoxy) is 1. The number of fused-ring (bicyclic) bond motifs is 1. The number of benzene rings is 2. The molecule has 1 saturated heterocycles. The van der Waals surface area contributed by atoms with Crippen LogP contribution in [0.3, 0.4) is 0 Å². The lowest BCUT2D eigenvalue weighted by Crippen LogP contribution is -2.39. The van der Waals surface area contributed by atoms with Gasteiger partial charge >= 0.3 is 18.3 Å². The van der Waals surface area contributed by atoms with Gasteiger partial charge in [0.05, 0.1) is 23.7 Å². The fourth-order valence-corrected chi connectivity index (χ4v) is 6.53. The SMILES string of the molecule is CC(C(=O)O)C(c1ccc2c(c1)CC(C1CCN(Cc3cc(C(F)(F)F)ccc3C(F)(F)F)CC1)CO2)C1CC1. The molecular weight excluding hydrogens is 536 g/mol. The van der Waals surface area contributed by atoms with Crippen molar-refractivity contribution in [3.8, 4) is 5.75 Å². The van der Waals surface area contributed by atoms with Crippen molar-refractivity contribution in [3.05, 3.63) is 64.2 Å². The maximum absolute atomic E-state index is 13.5. The highest BCUT2D eigenvalue weighted by molar-refractivity contribution is 5.71. The molecule has 0 bridgehead atoms. The van der Waals surface area contributed by atoms with Crippen LogP contribution in [0.5, 0.6) is 5.75 Å². The highest BCUT2D eigenvalue weighted by atomic mass is 19.4. The molecule has 2 aliphatic heterocycles. The van der Waals surface area contributed by atoms with E-state index in [0.29, 0.717) is 56.7 Å². The summed E-state index contributed by atoms with van der Waals surface area (Å²) in [6, 6.07) is 7.63. The predicted octanol–water partition coefficient (Wildman–Crippen LogP) is 7.40. The first-order chi connectivity index (χ1) is 18.8. The van der Waals surface area contributed by atoms with E-state index in [4.69, 9.17) is 4.74 Å². The molecule has 0 radical (unpaired) electrons. The Morgan fingerprint density at radius 2 is 1.68 bits per heavy atom. The number of piperidine rings is 1. The number of carboxylic acid groups (broad SMARTS) is 1. The average Bonchev–Trinajstić information content (AvgIpc) is 3.73. The highest BCUT2D eigenvalue weighted by Crippen LogP contribution is 2.48. The Bertz CT molecular complexity index is 1230. The molecule has 2 fully saturated rings. The number of likely N-dealkylation sites (tertiary alicyclic amines) is 1. The second-order valence-corrected chi connectivity index (χ2v) is 11.6. The third kappa shape index (κ3) is 6.26. The van der Waals surface area contributed by atoms with E-state index >= 15 is 0 Å². The first kappa shape index (κ1) is 28.8. The molecule has 1 saturated carbocycles. The van der Waals surface area contributed by atoms with Gasteiger partial charge in [-0.2, -0.15) is 26.3 Å². The Labute approximate surface area is 229 Å². The summed E-state index contributed by atoms with van der Waals surface area (Å²) >= 11 is 0. The van der Waals surface area contributed by atoms with E-state index in [1.807, 2.05) is 12.1 Å². The largest absolute Gasteiger partial charge is 0.493 e. The maximum atomic E-state index is 13.5. The van der Waals surface area contributed by atoms with Crippen LogP contribution in [0, 0.1) is 23.7 Å². The summed E-state index contributed by atoms with van der Waals surface area (Å²) in [5.74, 6) is 0.341. The number of rotatable bonds is 7. The van der Waals surface area contributed by atoms with Crippen molar-refractivity contribution in [2.45, 2.75) is 63.8 Å². The van der Waals surface area contributed by atoms with Crippen molar-refractivity contribution in [1.29, 1.82) is 0 Å². The zero-order valence-corrected chi connectivity index (χ0v) is 22.2. The van der Waals surface area contributed by atoms with Crippen molar-refractivity contribution >= 4 is 5.97 Å². The summed E-state index contributed by atoms with van der Waals surface area (Å²) in [6.07, 6.45) is -5.19. The van der Waals surface area contributed by atoms with E-state index in [2.05, 4.69) is 6.07 Å². The van der Waals surface area contributed by atoms with Gasteiger partial charge in [-0.1, -0.05) is 19.1 Å². The van der Waals surface area contributed by atoms with Gasteiger partial charge in [0.1, 0.15) is 5.75 Å². The van der Waals surface area contributed by atoms with E-state index in [-0.39, 0.29) is 29.9 Å². The minimum absolute atomic E-state index is 0.0381. The minimum atomic E-state index is -4.73. The lowest BCUT2D eigenvalue weighted by atomic mass is 9.78. The maximum Gasteiger partial charge on any atom is 0.416 e. The van der Waals surface area contributed by atoms with Crippen LogP contribution in [-0.2, 0) is 30.1 Å². The van der Waals surface area contributed by atoms with Crippen LogP contribution in [0.15, 0.2) is 36.4 Å². The number of halogens is 6. The lowest BCUT2D eigenvalue weighted by Gasteiger charge is -2.38. The van der Waals surface area contributed by atoms with Crippen molar-refractivity contribution in [2.75, 3.05) is 19.7 Å². The minimum Gasteiger partial charge on any atom is -0.493 e. The number of alkyl halides is 6. The molecule has 5 rings (SSSR count). The third-order valence-corrected chi connectivity index (χ3v) is 8.89. The summed E-state index contributed by atoms with van der Waals surface area (Å²) in [5.41, 5.74) is -0.388. The second kappa shape index (κ2) is 10.9. The van der Waals surface area contributed by atoms with Crippen molar-refractivity contribution in [2.24, 2.45) is 23.7 Å². The number of carboxylic acids is 1. The molecule has 218 valence electrons. The van der Waals surface area contributed by atoms with Gasteiger partial charge in [0, 0.05) is 12.5 Å². The molecule has 3 unspecified atom stereocenters. The molecule has 3 aliphatic rings. The summed E-state index contributed by atoms with van der Waals surface area (Å²) in [6.45, 7) is 3.07. The molecule has 3 atom stereocenters. The number of hydrogen-bond donors (Lipinski definition) is 1. The lowest BCUT2D eigenvalue weighted by molar-refractivity contribution is -0.142. The fraction of sp³-hybridized carbons (Fsp3) is 0.567. The Hall–Kier alpha value is -2.75. The third-order valence-electron chi connectivity index (χ3n) is 8.89. The van der Waals surface area contributed by atoms with Gasteiger partial charge in [0.25, 0.3) is 0 Å². The van der Waals surface area contributed by atoms with Gasteiger partial charge in [-0.05, 0) is 104 Å². The summed E-state index contributed by atoms with van der Waals surface area (Å²) < 4.78 is 86.2. The van der Waals surface area contributed by atoms with Crippen LogP contribution in [0.1, 0.15) is 66.3 Å². The monoisotopic (exact) mass is 569 g/mol. The fourth-order valence-electron chi connectivity index (χ4n) is 6.53. The van der Waals surface area contributed by atoms with Crippen LogP contribution in [-0.4, -0.2) is 35.7 Å². The molecule has 0 spiro atoms. The number of aliphatic carboxylic acids is 1. The van der Waals surface area contributed by atoms with E-state index in [1.54, 1.807) is 11.8 Å². The van der Waals surface area contributed by atoms with Gasteiger partial charge < -0.3 is 9.84 Å². The molecule has 0 aromatic heterocycles. The molecule has 1 aliphatic carbocycles. The molecule has 10 heteroatoms. The van der Waals surface area contributed by atoms with Crippen LogP contribution < -0.4 is 4.74 Å². The van der Waals surface area contributed by atoms with Crippen molar-refractivity contribution < 1.29 is 41.0 Å². The zero-order valence-electron chi connectivity index (χ0n) is 22.2. The van der Waals surface area contributed by atoms with Crippen LogP contribution >= 0.6 is 0 Å². The van der Waals surface area contributed by atoms with Gasteiger partial charge in [0.2, 0.25) is 0 Å². The van der Waals surface area contributed by atoms with Gasteiger partial charge in [-0.25, -0.2) is 0 Å². The molecule has 2 aromatic rings. The summed E-state index contributed by atoms with van der Waals surface area (Å²) in [4.78, 5) is 13.5. The first-order valence-corrected chi connectivity index (χ1v) is 13.8. The smallest absolute Gasteiger partial charge is 0.416 e. The zero-order chi connectivity index (χ0) is 28.8. The number of carbonyl (C=O) groups is 1. The average molecular weight is 570 g/mol. The molecule has 1 N–H and O–H groups in total. The van der Waals surface area contributed by atoms with E-state index in [1.165, 1.54) is 0 Å². The molecule has 2 aromatic carbocycles. The Balaban J connectivity index is 1.24. The topological polar surface area (TPSA) is 49.8 Å². The van der Waals surface area contributed by atoms with Crippen molar-refractivity contribution in [3.63, 3.8) is 0 Å². The van der Waals surface area contributed by atoms with E-state index < -0.39 is 35.4 Å².